The standard InChI is InChI=1S/C28H26N4O2S3/c1-17-5-10-22-24(11-17)37-27(30-22)19-6-8-21(9-7-19)29-25(33)16-36-28(35)31-13-18-12-20(15-31)23-3-2-4-26(34)32(23)14-18/h2-11,18,20H,12-16H2,1H3,(H,29,33). The Hall–Kier alpha value is -3.01. The van der Waals surface area contributed by atoms with Crippen LogP contribution in [0.25, 0.3) is 20.8 Å². The number of nitrogens with one attached hydrogen (secondary N) is 1. The highest BCUT2D eigenvalue weighted by Crippen LogP contribution is 2.36. The number of hydrogen-bond donors (Lipinski definition) is 1. The second kappa shape index (κ2) is 10.0. The van der Waals surface area contributed by atoms with Crippen molar-refractivity contribution in [3.05, 3.63) is 82.3 Å². The van der Waals surface area contributed by atoms with Gasteiger partial charge in [-0.1, -0.05) is 36.1 Å². The monoisotopic (exact) mass is 546 g/mol. The number of thiocarbonyl (C=S) groups is 1. The summed E-state index contributed by atoms with van der Waals surface area (Å²) in [7, 11) is 0. The fraction of sp³-hybridized carbons (Fsp3) is 0.286. The number of thiazole rings is 1. The van der Waals surface area contributed by atoms with E-state index in [1.165, 1.54) is 22.0 Å². The summed E-state index contributed by atoms with van der Waals surface area (Å²) in [6.45, 7) is 4.45. The van der Waals surface area contributed by atoms with Crippen LogP contribution in [-0.4, -0.2) is 43.5 Å². The van der Waals surface area contributed by atoms with Crippen LogP contribution in [0, 0.1) is 12.8 Å². The third-order valence-corrected chi connectivity index (χ3v) is 9.61. The lowest BCUT2D eigenvalue weighted by Crippen LogP contribution is -2.48. The largest absolute Gasteiger partial charge is 0.356 e. The van der Waals surface area contributed by atoms with Gasteiger partial charge in [0.15, 0.2) is 0 Å². The van der Waals surface area contributed by atoms with Gasteiger partial charge in [0, 0.05) is 48.6 Å². The smallest absolute Gasteiger partial charge is 0.250 e. The molecule has 2 aliphatic heterocycles. The summed E-state index contributed by atoms with van der Waals surface area (Å²) in [5.41, 5.74) is 5.20. The van der Waals surface area contributed by atoms with E-state index in [9.17, 15) is 9.59 Å². The van der Waals surface area contributed by atoms with E-state index in [1.54, 1.807) is 17.4 Å². The van der Waals surface area contributed by atoms with Gasteiger partial charge in [-0.05, 0) is 67.3 Å². The SMILES string of the molecule is Cc1ccc2nc(-c3ccc(NC(=O)CSC(=S)N4CC5CC(C4)c4cccc(=O)n4C5)cc3)sc2c1. The lowest BCUT2D eigenvalue weighted by molar-refractivity contribution is -0.113. The third-order valence-electron chi connectivity index (χ3n) is 7.02. The molecule has 2 unspecified atom stereocenters. The molecule has 2 atom stereocenters. The summed E-state index contributed by atoms with van der Waals surface area (Å²) >= 11 is 8.78. The van der Waals surface area contributed by atoms with Crippen molar-refractivity contribution in [2.45, 2.75) is 25.8 Å². The van der Waals surface area contributed by atoms with E-state index in [4.69, 9.17) is 17.2 Å². The Bertz CT molecular complexity index is 1560. The maximum atomic E-state index is 12.6. The van der Waals surface area contributed by atoms with E-state index in [0.29, 0.717) is 11.8 Å². The number of nitrogens with zero attached hydrogens (tertiary/aromatic N) is 3. The quantitative estimate of drug-likeness (QED) is 0.341. The fourth-order valence-electron chi connectivity index (χ4n) is 5.31. The molecule has 6 nitrogen and oxygen atoms in total. The molecule has 0 saturated carbocycles. The first-order valence-corrected chi connectivity index (χ1v) is 14.5. The number of carbonyl (C=O) groups excluding carboxylic acids is 1. The van der Waals surface area contributed by atoms with Crippen LogP contribution in [0.5, 0.6) is 0 Å². The zero-order valence-electron chi connectivity index (χ0n) is 20.3. The van der Waals surface area contributed by atoms with Crippen LogP contribution in [0.4, 0.5) is 5.69 Å². The highest BCUT2D eigenvalue weighted by molar-refractivity contribution is 8.23. The number of piperidine rings is 1. The van der Waals surface area contributed by atoms with Gasteiger partial charge in [-0.15, -0.1) is 11.3 Å². The summed E-state index contributed by atoms with van der Waals surface area (Å²) in [5, 5.41) is 3.95. The number of carbonyl (C=O) groups is 1. The van der Waals surface area contributed by atoms with Crippen LogP contribution < -0.4 is 10.9 Å². The van der Waals surface area contributed by atoms with Gasteiger partial charge < -0.3 is 14.8 Å². The van der Waals surface area contributed by atoms with Crippen LogP contribution in [0.1, 0.15) is 23.6 Å². The van der Waals surface area contributed by atoms with Crippen molar-refractivity contribution in [2.75, 3.05) is 24.2 Å². The Labute approximate surface area is 228 Å². The van der Waals surface area contributed by atoms with Crippen LogP contribution in [-0.2, 0) is 11.3 Å². The summed E-state index contributed by atoms with van der Waals surface area (Å²) in [6.07, 6.45) is 1.08. The molecule has 2 aliphatic rings. The van der Waals surface area contributed by atoms with E-state index in [-0.39, 0.29) is 17.2 Å². The average molecular weight is 547 g/mol. The van der Waals surface area contributed by atoms with Crippen molar-refractivity contribution in [1.29, 1.82) is 0 Å². The average Bonchev–Trinajstić information content (AvgIpc) is 3.31. The third kappa shape index (κ3) is 5.08. The number of fused-ring (bicyclic) bond motifs is 5. The number of hydrogen-bond acceptors (Lipinski definition) is 6. The van der Waals surface area contributed by atoms with Crippen molar-refractivity contribution in [2.24, 2.45) is 5.92 Å². The number of aromatic nitrogens is 2. The number of rotatable bonds is 4. The van der Waals surface area contributed by atoms with Crippen LogP contribution in [0.15, 0.2) is 65.5 Å². The van der Waals surface area contributed by atoms with Gasteiger partial charge in [-0.25, -0.2) is 4.98 Å². The van der Waals surface area contributed by atoms with Gasteiger partial charge in [0.25, 0.3) is 5.56 Å². The molecule has 0 spiro atoms. The topological polar surface area (TPSA) is 67.2 Å². The molecule has 2 aromatic heterocycles. The van der Waals surface area contributed by atoms with Gasteiger partial charge in [0.2, 0.25) is 5.91 Å². The van der Waals surface area contributed by atoms with Gasteiger partial charge in [-0.3, -0.25) is 9.59 Å². The molecule has 2 aromatic carbocycles. The van der Waals surface area contributed by atoms with Crippen molar-refractivity contribution < 1.29 is 4.79 Å². The maximum Gasteiger partial charge on any atom is 0.250 e. The first-order valence-electron chi connectivity index (χ1n) is 12.3. The van der Waals surface area contributed by atoms with Gasteiger partial charge >= 0.3 is 0 Å². The Morgan fingerprint density at radius 1 is 1.14 bits per heavy atom. The molecule has 1 N–H and O–H groups in total. The Kier molecular flexibility index (Phi) is 6.60. The first kappa shape index (κ1) is 24.3. The van der Waals surface area contributed by atoms with Crippen molar-refractivity contribution in [3.8, 4) is 10.6 Å². The molecule has 9 heteroatoms. The number of anilines is 1. The number of aryl methyl sites for hydroxylation is 1. The predicted molar refractivity (Wildman–Crippen MR) is 157 cm³/mol. The summed E-state index contributed by atoms with van der Waals surface area (Å²) < 4.78 is 3.84. The molecule has 188 valence electrons. The van der Waals surface area contributed by atoms with E-state index < -0.39 is 0 Å². The van der Waals surface area contributed by atoms with Gasteiger partial charge in [0.1, 0.15) is 9.33 Å². The van der Waals surface area contributed by atoms with Crippen molar-refractivity contribution >= 4 is 61.4 Å². The van der Waals surface area contributed by atoms with E-state index in [1.807, 2.05) is 34.9 Å². The lowest BCUT2D eigenvalue weighted by atomic mass is 9.83. The zero-order valence-corrected chi connectivity index (χ0v) is 22.8. The molecule has 2 bridgehead atoms. The van der Waals surface area contributed by atoms with E-state index in [2.05, 4.69) is 41.4 Å². The van der Waals surface area contributed by atoms with Gasteiger partial charge in [0.05, 0.1) is 16.0 Å². The highest BCUT2D eigenvalue weighted by atomic mass is 32.2. The summed E-state index contributed by atoms with van der Waals surface area (Å²) in [5.74, 6) is 0.882. The minimum absolute atomic E-state index is 0.0790. The maximum absolute atomic E-state index is 12.6. The molecule has 1 saturated heterocycles. The molecule has 1 fully saturated rings. The first-order chi connectivity index (χ1) is 17.9. The minimum atomic E-state index is -0.0790. The number of likely N-dealkylation sites (tertiary alicyclic amines) is 1. The molecular formula is C28H26N4O2S3. The molecule has 1 amide bonds. The molecule has 4 aromatic rings. The Balaban J connectivity index is 1.04. The minimum Gasteiger partial charge on any atom is -0.356 e. The molecule has 0 radical (unpaired) electrons. The predicted octanol–water partition coefficient (Wildman–Crippen LogP) is 5.51. The second-order valence-corrected chi connectivity index (χ2v) is 12.4. The molecule has 37 heavy (non-hydrogen) atoms. The van der Waals surface area contributed by atoms with Crippen LogP contribution >= 0.6 is 35.3 Å². The fourth-order valence-corrected chi connectivity index (χ4v) is 7.37. The Morgan fingerprint density at radius 3 is 2.81 bits per heavy atom. The molecule has 0 aliphatic carbocycles. The van der Waals surface area contributed by atoms with E-state index >= 15 is 0 Å². The number of thioether (sulfide) groups is 1. The van der Waals surface area contributed by atoms with E-state index in [0.717, 1.165) is 57.8 Å². The molecular weight excluding hydrogens is 521 g/mol. The van der Waals surface area contributed by atoms with Crippen molar-refractivity contribution in [1.82, 2.24) is 14.5 Å². The normalized spacial score (nSPS) is 18.5. The number of benzene rings is 2. The summed E-state index contributed by atoms with van der Waals surface area (Å²) in [4.78, 5) is 31.8. The zero-order chi connectivity index (χ0) is 25.5. The molecule has 6 rings (SSSR count). The Morgan fingerprint density at radius 2 is 1.97 bits per heavy atom. The lowest BCUT2D eigenvalue weighted by Gasteiger charge is -2.43. The van der Waals surface area contributed by atoms with Crippen LogP contribution in [0.2, 0.25) is 0 Å². The molecule has 4 heterocycles. The number of amides is 1. The van der Waals surface area contributed by atoms with Gasteiger partial charge in [-0.2, -0.15) is 0 Å². The summed E-state index contributed by atoms with van der Waals surface area (Å²) in [6, 6.07) is 19.6. The van der Waals surface area contributed by atoms with Crippen LogP contribution in [0.3, 0.4) is 0 Å². The second-order valence-electron chi connectivity index (χ2n) is 9.77. The van der Waals surface area contributed by atoms with Crippen molar-refractivity contribution in [3.63, 3.8) is 0 Å². The highest BCUT2D eigenvalue weighted by Gasteiger charge is 2.35. The number of pyridine rings is 1.